The summed E-state index contributed by atoms with van der Waals surface area (Å²) < 4.78 is 12.3. The number of carbonyl (C=O) groups excluding carboxylic acids is 1. The Bertz CT molecular complexity index is 1450. The number of methoxy groups -OCH3 is 2. The van der Waals surface area contributed by atoms with Crippen LogP contribution in [0.4, 0.5) is 16.2 Å². The fourth-order valence-electron chi connectivity index (χ4n) is 3.99. The van der Waals surface area contributed by atoms with Crippen LogP contribution in [0.15, 0.2) is 106 Å². The molecule has 4 aromatic rings. The average Bonchev–Trinajstić information content (AvgIpc) is 3.08. The summed E-state index contributed by atoms with van der Waals surface area (Å²) >= 11 is 18.1. The van der Waals surface area contributed by atoms with Crippen molar-refractivity contribution in [1.82, 2.24) is 5.32 Å². The van der Waals surface area contributed by atoms with Crippen molar-refractivity contribution < 1.29 is 14.3 Å². The van der Waals surface area contributed by atoms with Gasteiger partial charge in [0.1, 0.15) is 11.5 Å². The summed E-state index contributed by atoms with van der Waals surface area (Å²) in [7, 11) is 3.28. The summed E-state index contributed by atoms with van der Waals surface area (Å²) in [4.78, 5) is 14.3. The molecule has 4 rings (SSSR count). The van der Waals surface area contributed by atoms with E-state index >= 15 is 0 Å². The molecule has 47 heavy (non-hydrogen) atoms. The standard InChI is InChI=1S/C18H20BrClN2O2.C9H13NO.C8H9BrClN.CH4/c1-13(14-4-3-5-17(12-14)24-2)21-18(23)22(11-10-20)16-8-6-15(19)7-9-16;1-7(10)8-4-3-5-9(6-8)11-2;9-7-1-3-8(4-2-7)11-6-5-10;/h3-9,12-13H,10-11H2,1-2H3,(H,21,23);3-7H,10H2,1-2H3;1-4,11H,5-6H2;1H4/t13-;7-;;/m11../s1. The molecule has 0 radical (unpaired) electrons. The number of nitrogens with zero attached hydrogens (tertiary/aromatic N) is 1. The fourth-order valence-corrected chi connectivity index (χ4v) is 4.79. The lowest BCUT2D eigenvalue weighted by Gasteiger charge is -2.25. The van der Waals surface area contributed by atoms with Gasteiger partial charge in [-0.1, -0.05) is 63.6 Å². The number of hydrogen-bond donors (Lipinski definition) is 3. The van der Waals surface area contributed by atoms with E-state index in [2.05, 4.69) is 42.5 Å². The lowest BCUT2D eigenvalue weighted by molar-refractivity contribution is 0.243. The van der Waals surface area contributed by atoms with Gasteiger partial charge < -0.3 is 25.8 Å². The number of rotatable bonds is 11. The molecule has 7 nitrogen and oxygen atoms in total. The highest BCUT2D eigenvalue weighted by Crippen LogP contribution is 2.22. The van der Waals surface area contributed by atoms with Crippen LogP contribution in [0.2, 0.25) is 0 Å². The molecule has 4 aromatic carbocycles. The second-order valence-corrected chi connectivity index (χ2v) is 12.5. The average molecular weight is 814 g/mol. The maximum atomic E-state index is 12.7. The van der Waals surface area contributed by atoms with Gasteiger partial charge in [0, 0.05) is 51.2 Å². The number of hydrogen-bond acceptors (Lipinski definition) is 5. The van der Waals surface area contributed by atoms with E-state index in [9.17, 15) is 4.79 Å². The number of benzene rings is 4. The zero-order valence-corrected chi connectivity index (χ0v) is 31.2. The zero-order valence-electron chi connectivity index (χ0n) is 26.5. The first-order valence-electron chi connectivity index (χ1n) is 14.6. The van der Waals surface area contributed by atoms with E-state index in [0.29, 0.717) is 18.3 Å². The maximum absolute atomic E-state index is 12.7. The number of carbonyl (C=O) groups is 1. The lowest BCUT2D eigenvalue weighted by atomic mass is 10.1. The molecule has 4 N–H and O–H groups in total. The first kappa shape index (κ1) is 42.1. The first-order chi connectivity index (χ1) is 22.1. The minimum Gasteiger partial charge on any atom is -0.497 e. The molecule has 2 amide bonds. The first-order valence-corrected chi connectivity index (χ1v) is 17.3. The molecule has 0 aliphatic rings. The van der Waals surface area contributed by atoms with E-state index < -0.39 is 0 Å². The highest BCUT2D eigenvalue weighted by atomic mass is 79.9. The molecule has 0 aliphatic carbocycles. The van der Waals surface area contributed by atoms with Crippen LogP contribution in [-0.2, 0) is 0 Å². The Morgan fingerprint density at radius 2 is 1.32 bits per heavy atom. The molecule has 0 spiro atoms. The van der Waals surface area contributed by atoms with Crippen molar-refractivity contribution in [3.05, 3.63) is 117 Å². The molecule has 0 aliphatic heterocycles. The molecule has 11 heteroatoms. The second-order valence-electron chi connectivity index (χ2n) is 9.95. The number of alkyl halides is 2. The topological polar surface area (TPSA) is 88.9 Å². The molecular weight excluding hydrogens is 767 g/mol. The van der Waals surface area contributed by atoms with Crippen molar-refractivity contribution in [2.75, 3.05) is 49.3 Å². The second kappa shape index (κ2) is 23.4. The Kier molecular flexibility index (Phi) is 20.9. The molecule has 0 saturated heterocycles. The minimum absolute atomic E-state index is 0. The molecule has 0 heterocycles. The van der Waals surface area contributed by atoms with Gasteiger partial charge in [-0.05, 0) is 97.8 Å². The third kappa shape index (κ3) is 15.7. The van der Waals surface area contributed by atoms with Crippen LogP contribution in [-0.4, -0.2) is 45.1 Å². The van der Waals surface area contributed by atoms with Crippen molar-refractivity contribution in [2.45, 2.75) is 33.4 Å². The number of urea groups is 1. The Morgan fingerprint density at radius 1 is 0.809 bits per heavy atom. The normalized spacial score (nSPS) is 11.2. The van der Waals surface area contributed by atoms with Gasteiger partial charge in [0.05, 0.1) is 20.3 Å². The van der Waals surface area contributed by atoms with Gasteiger partial charge in [-0.25, -0.2) is 4.79 Å². The number of nitrogens with one attached hydrogen (secondary N) is 2. The van der Waals surface area contributed by atoms with Crippen LogP contribution in [0.5, 0.6) is 11.5 Å². The Hall–Kier alpha value is -2.95. The molecule has 256 valence electrons. The van der Waals surface area contributed by atoms with Gasteiger partial charge in [-0.3, -0.25) is 4.90 Å². The van der Waals surface area contributed by atoms with Crippen LogP contribution in [0, 0.1) is 0 Å². The number of anilines is 2. The number of halogens is 4. The smallest absolute Gasteiger partial charge is 0.322 e. The molecule has 0 fully saturated rings. The Balaban J connectivity index is 0.000000399. The van der Waals surface area contributed by atoms with Crippen molar-refractivity contribution in [3.8, 4) is 11.5 Å². The highest BCUT2D eigenvalue weighted by molar-refractivity contribution is 9.10. The molecule has 0 aromatic heterocycles. The van der Waals surface area contributed by atoms with E-state index in [0.717, 1.165) is 49.5 Å². The van der Waals surface area contributed by atoms with Crippen LogP contribution in [0.25, 0.3) is 0 Å². The third-order valence-electron chi connectivity index (χ3n) is 6.51. The van der Waals surface area contributed by atoms with Crippen LogP contribution in [0.1, 0.15) is 44.5 Å². The SMILES string of the molecule is C.COc1cccc([C@@H](C)N)c1.COc1cccc([C@@H](C)NC(=O)N(CCCl)c2ccc(Br)cc2)c1.ClCCNc1ccc(Br)cc1. The van der Waals surface area contributed by atoms with E-state index in [1.165, 1.54) is 0 Å². The van der Waals surface area contributed by atoms with Gasteiger partial charge in [0.2, 0.25) is 0 Å². The van der Waals surface area contributed by atoms with Gasteiger partial charge in [0.25, 0.3) is 0 Å². The molecule has 0 unspecified atom stereocenters. The van der Waals surface area contributed by atoms with Gasteiger partial charge in [-0.2, -0.15) is 0 Å². The van der Waals surface area contributed by atoms with Crippen molar-refractivity contribution >= 4 is 72.5 Å². The summed E-state index contributed by atoms with van der Waals surface area (Å²) in [6.07, 6.45) is 0. The van der Waals surface area contributed by atoms with Crippen molar-refractivity contribution in [1.29, 1.82) is 0 Å². The predicted molar refractivity (Wildman–Crippen MR) is 208 cm³/mol. The fraction of sp³-hybridized carbons (Fsp3) is 0.306. The summed E-state index contributed by atoms with van der Waals surface area (Å²) in [6.45, 7) is 5.13. The third-order valence-corrected chi connectivity index (χ3v) is 7.93. The molecule has 0 saturated carbocycles. The van der Waals surface area contributed by atoms with Crippen LogP contribution in [0.3, 0.4) is 0 Å². The maximum Gasteiger partial charge on any atom is 0.322 e. The summed E-state index contributed by atoms with van der Waals surface area (Å²) in [5.74, 6) is 2.62. The van der Waals surface area contributed by atoms with E-state index in [-0.39, 0.29) is 25.5 Å². The predicted octanol–water partition coefficient (Wildman–Crippen LogP) is 10.4. The van der Waals surface area contributed by atoms with Gasteiger partial charge >= 0.3 is 6.03 Å². The summed E-state index contributed by atoms with van der Waals surface area (Å²) in [6, 6.07) is 30.8. The Morgan fingerprint density at radius 3 is 1.81 bits per heavy atom. The monoisotopic (exact) mass is 810 g/mol. The minimum atomic E-state index is -0.187. The van der Waals surface area contributed by atoms with E-state index in [1.54, 1.807) is 19.1 Å². The van der Waals surface area contributed by atoms with E-state index in [1.807, 2.05) is 111 Å². The highest BCUT2D eigenvalue weighted by Gasteiger charge is 2.18. The van der Waals surface area contributed by atoms with Gasteiger partial charge in [0.15, 0.2) is 0 Å². The van der Waals surface area contributed by atoms with Crippen molar-refractivity contribution in [2.24, 2.45) is 5.73 Å². The van der Waals surface area contributed by atoms with E-state index in [4.69, 9.17) is 38.4 Å². The largest absolute Gasteiger partial charge is 0.497 e. The summed E-state index contributed by atoms with van der Waals surface area (Å²) in [5, 5.41) is 6.18. The quantitative estimate of drug-likeness (QED) is 0.131. The number of nitrogens with two attached hydrogens (primary N) is 1. The zero-order chi connectivity index (χ0) is 33.9. The molecular formula is C36H46Br2Cl2N4O3. The molecule has 0 bridgehead atoms. The lowest BCUT2D eigenvalue weighted by Crippen LogP contribution is -2.42. The molecule has 2 atom stereocenters. The van der Waals surface area contributed by atoms with Crippen LogP contribution < -0.4 is 30.7 Å². The van der Waals surface area contributed by atoms with Gasteiger partial charge in [-0.15, -0.1) is 23.2 Å². The number of amides is 2. The Labute approximate surface area is 307 Å². The van der Waals surface area contributed by atoms with Crippen LogP contribution >= 0.6 is 55.1 Å². The van der Waals surface area contributed by atoms with Crippen molar-refractivity contribution in [3.63, 3.8) is 0 Å². The number of ether oxygens (including phenoxy) is 2. The summed E-state index contributed by atoms with van der Waals surface area (Å²) in [5.41, 5.74) is 9.66.